The van der Waals surface area contributed by atoms with Crippen molar-refractivity contribution in [3.05, 3.63) is 57.4 Å². The van der Waals surface area contributed by atoms with Crippen molar-refractivity contribution < 1.29 is 9.90 Å². The number of halogens is 1. The lowest BCUT2D eigenvalue weighted by Gasteiger charge is -2.11. The first kappa shape index (κ1) is 21.9. The highest BCUT2D eigenvalue weighted by molar-refractivity contribution is 7.99. The Morgan fingerprint density at radius 1 is 1.26 bits per heavy atom. The van der Waals surface area contributed by atoms with E-state index in [4.69, 9.17) is 11.6 Å². The fourth-order valence-corrected chi connectivity index (χ4v) is 4.32. The molecule has 2 aromatic rings. The molecule has 1 aromatic heterocycles. The van der Waals surface area contributed by atoms with Crippen molar-refractivity contribution in [1.29, 1.82) is 0 Å². The lowest BCUT2D eigenvalue weighted by atomic mass is 10.1. The van der Waals surface area contributed by atoms with Crippen LogP contribution in [0.2, 0.25) is 5.02 Å². The highest BCUT2D eigenvalue weighted by Gasteiger charge is 2.22. The van der Waals surface area contributed by atoms with Crippen molar-refractivity contribution in [3.63, 3.8) is 0 Å². The Morgan fingerprint density at radius 3 is 2.70 bits per heavy atom. The van der Waals surface area contributed by atoms with Crippen LogP contribution in [0.4, 0.5) is 0 Å². The Labute approximate surface area is 171 Å². The molecule has 2 rings (SSSR count). The number of rotatable bonds is 11. The number of benzene rings is 1. The maximum Gasteiger partial charge on any atom is 0.337 e. The zero-order chi connectivity index (χ0) is 19.8. The van der Waals surface area contributed by atoms with Crippen molar-refractivity contribution in [2.75, 3.05) is 18.1 Å². The van der Waals surface area contributed by atoms with Gasteiger partial charge in [0.05, 0.1) is 5.56 Å². The Bertz CT molecular complexity index is 774. The molecule has 27 heavy (non-hydrogen) atoms. The fraction of sp³-hybridized carbons (Fsp3) is 0.476. The van der Waals surface area contributed by atoms with Gasteiger partial charge >= 0.3 is 5.97 Å². The summed E-state index contributed by atoms with van der Waals surface area (Å²) in [6.45, 7) is 8.16. The van der Waals surface area contributed by atoms with Crippen LogP contribution in [0.25, 0.3) is 0 Å². The summed E-state index contributed by atoms with van der Waals surface area (Å²) >= 11 is 8.06. The van der Waals surface area contributed by atoms with Gasteiger partial charge in [-0.05, 0) is 62.4 Å². The first-order valence-corrected chi connectivity index (χ1v) is 10.9. The molecule has 1 heterocycles. The summed E-state index contributed by atoms with van der Waals surface area (Å²) in [5.41, 5.74) is 4.15. The summed E-state index contributed by atoms with van der Waals surface area (Å²) in [7, 11) is 0. The molecule has 0 spiro atoms. The number of nitrogens with one attached hydrogen (secondary N) is 1. The van der Waals surface area contributed by atoms with Crippen molar-refractivity contribution in [1.82, 2.24) is 9.88 Å². The SMILES string of the molecule is CCCSCCCNCc1c(C(=O)O)c(C)n(Cc2cccc(Cl)c2)c1C. The highest BCUT2D eigenvalue weighted by atomic mass is 35.5. The Hall–Kier alpha value is -1.43. The number of thioether (sulfide) groups is 1. The number of aromatic nitrogens is 1. The molecule has 0 aliphatic carbocycles. The molecule has 1 aromatic carbocycles. The van der Waals surface area contributed by atoms with Crippen LogP contribution in [-0.4, -0.2) is 33.7 Å². The molecule has 0 aliphatic heterocycles. The summed E-state index contributed by atoms with van der Waals surface area (Å²) in [5, 5.41) is 13.8. The van der Waals surface area contributed by atoms with Crippen LogP contribution in [0, 0.1) is 13.8 Å². The van der Waals surface area contributed by atoms with Crippen molar-refractivity contribution in [2.45, 2.75) is 46.7 Å². The van der Waals surface area contributed by atoms with E-state index in [2.05, 4.69) is 16.8 Å². The van der Waals surface area contributed by atoms with Crippen molar-refractivity contribution in [3.8, 4) is 0 Å². The van der Waals surface area contributed by atoms with Gasteiger partial charge in [0.15, 0.2) is 0 Å². The van der Waals surface area contributed by atoms with Gasteiger partial charge in [0.2, 0.25) is 0 Å². The van der Waals surface area contributed by atoms with Gasteiger partial charge in [-0.1, -0.05) is 30.7 Å². The van der Waals surface area contributed by atoms with Crippen LogP contribution in [0.1, 0.15) is 52.6 Å². The summed E-state index contributed by atoms with van der Waals surface area (Å²) in [6, 6.07) is 7.70. The smallest absolute Gasteiger partial charge is 0.337 e. The number of carbonyl (C=O) groups is 1. The summed E-state index contributed by atoms with van der Waals surface area (Å²) in [4.78, 5) is 11.9. The second-order valence-electron chi connectivity index (χ2n) is 6.69. The molecule has 0 amide bonds. The summed E-state index contributed by atoms with van der Waals surface area (Å²) in [6.07, 6.45) is 2.30. The van der Waals surface area contributed by atoms with E-state index in [9.17, 15) is 9.90 Å². The van der Waals surface area contributed by atoms with E-state index in [1.54, 1.807) is 0 Å². The average Bonchev–Trinajstić information content (AvgIpc) is 2.85. The number of hydrogen-bond donors (Lipinski definition) is 2. The van der Waals surface area contributed by atoms with Gasteiger partial charge in [-0.15, -0.1) is 0 Å². The van der Waals surface area contributed by atoms with Crippen LogP contribution < -0.4 is 5.32 Å². The topological polar surface area (TPSA) is 54.3 Å². The van der Waals surface area contributed by atoms with Gasteiger partial charge in [-0.25, -0.2) is 4.79 Å². The molecular formula is C21H29ClN2O2S. The van der Waals surface area contributed by atoms with E-state index >= 15 is 0 Å². The quantitative estimate of drug-likeness (QED) is 0.506. The maximum atomic E-state index is 11.9. The minimum absolute atomic E-state index is 0.419. The molecule has 148 valence electrons. The molecular weight excluding hydrogens is 380 g/mol. The third-order valence-electron chi connectivity index (χ3n) is 4.65. The van der Waals surface area contributed by atoms with Crippen molar-refractivity contribution in [2.24, 2.45) is 0 Å². The van der Waals surface area contributed by atoms with Gasteiger partial charge in [0.25, 0.3) is 0 Å². The molecule has 0 aliphatic rings. The van der Waals surface area contributed by atoms with Gasteiger partial charge in [0.1, 0.15) is 0 Å². The van der Waals surface area contributed by atoms with E-state index in [0.29, 0.717) is 23.7 Å². The molecule has 0 bridgehead atoms. The number of carboxylic acids is 1. The molecule has 4 nitrogen and oxygen atoms in total. The third kappa shape index (κ3) is 6.03. The zero-order valence-corrected chi connectivity index (χ0v) is 17.9. The van der Waals surface area contributed by atoms with Crippen LogP contribution in [-0.2, 0) is 13.1 Å². The number of hydrogen-bond acceptors (Lipinski definition) is 3. The standard InChI is InChI=1S/C21H29ClN2O2S/c1-4-10-27-11-6-9-23-13-19-15(2)24(16(3)20(19)21(25)26)14-17-7-5-8-18(22)12-17/h5,7-8,12,23H,4,6,9-11,13-14H2,1-3H3,(H,25,26). The molecule has 0 fully saturated rings. The zero-order valence-electron chi connectivity index (χ0n) is 16.3. The van der Waals surface area contributed by atoms with Crippen LogP contribution in [0.5, 0.6) is 0 Å². The summed E-state index contributed by atoms with van der Waals surface area (Å²) < 4.78 is 2.07. The third-order valence-corrected chi connectivity index (χ3v) is 6.16. The van der Waals surface area contributed by atoms with E-state index < -0.39 is 5.97 Å². The maximum absolute atomic E-state index is 11.9. The molecule has 0 saturated carbocycles. The monoisotopic (exact) mass is 408 g/mol. The van der Waals surface area contributed by atoms with Crippen LogP contribution in [0.15, 0.2) is 24.3 Å². The Balaban J connectivity index is 2.11. The highest BCUT2D eigenvalue weighted by Crippen LogP contribution is 2.24. The minimum Gasteiger partial charge on any atom is -0.478 e. The number of aromatic carboxylic acids is 1. The number of nitrogens with zero attached hydrogens (tertiary/aromatic N) is 1. The number of carboxylic acid groups (broad SMARTS) is 1. The van der Waals surface area contributed by atoms with E-state index in [1.165, 1.54) is 12.2 Å². The second kappa shape index (κ2) is 10.8. The summed E-state index contributed by atoms with van der Waals surface area (Å²) in [5.74, 6) is 1.48. The van der Waals surface area contributed by atoms with Crippen molar-refractivity contribution >= 4 is 29.3 Å². The molecule has 6 heteroatoms. The van der Waals surface area contributed by atoms with Crippen LogP contribution >= 0.6 is 23.4 Å². The van der Waals surface area contributed by atoms with Gasteiger partial charge in [-0.3, -0.25) is 0 Å². The van der Waals surface area contributed by atoms with Gasteiger partial charge in [-0.2, -0.15) is 11.8 Å². The lowest BCUT2D eigenvalue weighted by Crippen LogP contribution is -2.17. The molecule has 0 atom stereocenters. The predicted molar refractivity (Wildman–Crippen MR) is 115 cm³/mol. The average molecular weight is 409 g/mol. The molecule has 0 radical (unpaired) electrons. The molecule has 2 N–H and O–H groups in total. The van der Waals surface area contributed by atoms with E-state index in [1.807, 2.05) is 49.9 Å². The Kier molecular flexibility index (Phi) is 8.74. The minimum atomic E-state index is -0.865. The lowest BCUT2D eigenvalue weighted by molar-refractivity contribution is 0.0694. The molecule has 0 saturated heterocycles. The first-order valence-electron chi connectivity index (χ1n) is 9.40. The van der Waals surface area contributed by atoms with E-state index in [-0.39, 0.29) is 0 Å². The normalized spacial score (nSPS) is 11.1. The van der Waals surface area contributed by atoms with E-state index in [0.717, 1.165) is 41.2 Å². The largest absolute Gasteiger partial charge is 0.478 e. The van der Waals surface area contributed by atoms with Gasteiger partial charge in [0, 0.05) is 35.1 Å². The first-order chi connectivity index (χ1) is 13.0. The second-order valence-corrected chi connectivity index (χ2v) is 8.35. The fourth-order valence-electron chi connectivity index (χ4n) is 3.26. The van der Waals surface area contributed by atoms with Crippen LogP contribution in [0.3, 0.4) is 0 Å². The Morgan fingerprint density at radius 2 is 2.04 bits per heavy atom. The molecule has 0 unspecified atom stereocenters. The predicted octanol–water partition coefficient (Wildman–Crippen LogP) is 5.13. The van der Waals surface area contributed by atoms with Gasteiger partial charge < -0.3 is 15.0 Å².